The molecule has 0 aliphatic carbocycles. The normalized spacial score (nSPS) is 9.14. The molecule has 0 saturated carbocycles. The number of benzene rings is 1. The number of carbonyl (C=O) groups excluding carboxylic acids is 1. The Kier molecular flexibility index (Phi) is 4.01. The van der Waals surface area contributed by atoms with Crippen LogP contribution in [0.4, 0.5) is 0 Å². The van der Waals surface area contributed by atoms with Crippen molar-refractivity contribution in [3.63, 3.8) is 0 Å². The number of thiocarbonyl (C=S) groups is 1. The maximum atomic E-state index is 11.3. The summed E-state index contributed by atoms with van der Waals surface area (Å²) in [6, 6.07) is 9.06. The van der Waals surface area contributed by atoms with E-state index in [4.69, 9.17) is 17.0 Å². The van der Waals surface area contributed by atoms with Crippen molar-refractivity contribution < 1.29 is 9.53 Å². The molecule has 0 bridgehead atoms. The molecule has 0 atom stereocenters. The average Bonchev–Trinajstić information content (AvgIpc) is 2.26. The van der Waals surface area contributed by atoms with E-state index < -0.39 is 5.97 Å². The van der Waals surface area contributed by atoms with Crippen LogP contribution in [-0.2, 0) is 9.53 Å². The number of rotatable bonds is 4. The SMILES string of the molecule is C=CCOC(=O)C(=S)c1ccccc1. The van der Waals surface area contributed by atoms with Crippen molar-refractivity contribution in [1.29, 1.82) is 0 Å². The molecule has 0 unspecified atom stereocenters. The average molecular weight is 206 g/mol. The molecule has 0 radical (unpaired) electrons. The molecule has 72 valence electrons. The van der Waals surface area contributed by atoms with Gasteiger partial charge in [-0.25, -0.2) is 4.79 Å². The van der Waals surface area contributed by atoms with Crippen LogP contribution in [0.2, 0.25) is 0 Å². The van der Waals surface area contributed by atoms with Crippen LogP contribution in [0.5, 0.6) is 0 Å². The molecule has 0 aromatic heterocycles. The molecular formula is C11H10O2S. The van der Waals surface area contributed by atoms with Crippen LogP contribution in [0.3, 0.4) is 0 Å². The fourth-order valence-corrected chi connectivity index (χ4v) is 1.10. The molecule has 0 heterocycles. The van der Waals surface area contributed by atoms with Crippen LogP contribution >= 0.6 is 12.2 Å². The van der Waals surface area contributed by atoms with Gasteiger partial charge >= 0.3 is 5.97 Å². The van der Waals surface area contributed by atoms with Crippen LogP contribution in [-0.4, -0.2) is 17.4 Å². The fraction of sp³-hybridized carbons (Fsp3) is 0.0909. The van der Waals surface area contributed by atoms with E-state index in [2.05, 4.69) is 6.58 Å². The molecule has 0 amide bonds. The Morgan fingerprint density at radius 2 is 2.07 bits per heavy atom. The number of carbonyl (C=O) groups is 1. The van der Waals surface area contributed by atoms with Gasteiger partial charge in [-0.05, 0) is 5.56 Å². The number of hydrogen-bond acceptors (Lipinski definition) is 3. The van der Waals surface area contributed by atoms with Crippen molar-refractivity contribution in [2.45, 2.75) is 0 Å². The Balaban J connectivity index is 2.66. The van der Waals surface area contributed by atoms with Gasteiger partial charge in [0, 0.05) is 0 Å². The van der Waals surface area contributed by atoms with E-state index in [1.165, 1.54) is 6.08 Å². The topological polar surface area (TPSA) is 26.3 Å². The standard InChI is InChI=1S/C11H10O2S/c1-2-8-13-11(12)10(14)9-6-4-3-5-7-9/h2-7H,1,8H2. The minimum absolute atomic E-state index is 0.186. The van der Waals surface area contributed by atoms with Gasteiger partial charge in [-0.15, -0.1) is 0 Å². The van der Waals surface area contributed by atoms with E-state index in [0.29, 0.717) is 5.56 Å². The second-order valence-corrected chi connectivity index (χ2v) is 2.99. The molecule has 14 heavy (non-hydrogen) atoms. The van der Waals surface area contributed by atoms with Crippen molar-refractivity contribution in [2.75, 3.05) is 6.61 Å². The highest BCUT2D eigenvalue weighted by molar-refractivity contribution is 7.82. The number of ether oxygens (including phenoxy) is 1. The Morgan fingerprint density at radius 1 is 1.43 bits per heavy atom. The molecule has 0 spiro atoms. The first-order valence-electron chi connectivity index (χ1n) is 4.13. The third kappa shape index (κ3) is 2.78. The third-order valence-electron chi connectivity index (χ3n) is 1.55. The molecule has 0 aliphatic heterocycles. The lowest BCUT2D eigenvalue weighted by Gasteiger charge is -2.02. The zero-order chi connectivity index (χ0) is 10.4. The quantitative estimate of drug-likeness (QED) is 0.327. The van der Waals surface area contributed by atoms with E-state index in [0.717, 1.165) is 0 Å². The first-order valence-corrected chi connectivity index (χ1v) is 4.54. The van der Waals surface area contributed by atoms with Crippen molar-refractivity contribution >= 4 is 23.1 Å². The second-order valence-electron chi connectivity index (χ2n) is 2.58. The fourth-order valence-electron chi connectivity index (χ4n) is 0.908. The highest BCUT2D eigenvalue weighted by atomic mass is 32.1. The maximum absolute atomic E-state index is 11.3. The molecule has 1 rings (SSSR count). The monoisotopic (exact) mass is 206 g/mol. The first kappa shape index (κ1) is 10.6. The van der Waals surface area contributed by atoms with Gasteiger partial charge < -0.3 is 4.74 Å². The Hall–Kier alpha value is -1.48. The zero-order valence-electron chi connectivity index (χ0n) is 7.60. The summed E-state index contributed by atoms with van der Waals surface area (Å²) >= 11 is 4.95. The van der Waals surface area contributed by atoms with E-state index in [-0.39, 0.29) is 11.5 Å². The lowest BCUT2D eigenvalue weighted by molar-refractivity contribution is -0.134. The van der Waals surface area contributed by atoms with Gasteiger partial charge in [0.15, 0.2) is 0 Å². The van der Waals surface area contributed by atoms with Gasteiger partial charge in [0.1, 0.15) is 11.5 Å². The summed E-state index contributed by atoms with van der Waals surface area (Å²) in [5.41, 5.74) is 0.705. The van der Waals surface area contributed by atoms with Crippen molar-refractivity contribution in [3.05, 3.63) is 48.6 Å². The number of esters is 1. The van der Waals surface area contributed by atoms with Crippen molar-refractivity contribution in [2.24, 2.45) is 0 Å². The van der Waals surface area contributed by atoms with E-state index in [1.54, 1.807) is 12.1 Å². The summed E-state index contributed by atoms with van der Waals surface area (Å²) in [6.07, 6.45) is 1.51. The summed E-state index contributed by atoms with van der Waals surface area (Å²) in [7, 11) is 0. The van der Waals surface area contributed by atoms with Crippen LogP contribution < -0.4 is 0 Å². The molecule has 1 aromatic carbocycles. The lowest BCUT2D eigenvalue weighted by Crippen LogP contribution is -2.16. The molecule has 0 aliphatic rings. The summed E-state index contributed by atoms with van der Waals surface area (Å²) in [6.45, 7) is 3.63. The molecule has 3 heteroatoms. The Morgan fingerprint density at radius 3 is 2.64 bits per heavy atom. The van der Waals surface area contributed by atoms with Gasteiger partial charge in [0.2, 0.25) is 0 Å². The van der Waals surface area contributed by atoms with Crippen LogP contribution in [0.15, 0.2) is 43.0 Å². The summed E-state index contributed by atoms with van der Waals surface area (Å²) < 4.78 is 4.81. The molecular weight excluding hydrogens is 196 g/mol. The summed E-state index contributed by atoms with van der Waals surface area (Å²) in [5, 5.41) is 0. The molecule has 0 fully saturated rings. The largest absolute Gasteiger partial charge is 0.457 e. The maximum Gasteiger partial charge on any atom is 0.350 e. The zero-order valence-corrected chi connectivity index (χ0v) is 8.42. The highest BCUT2D eigenvalue weighted by Gasteiger charge is 2.11. The lowest BCUT2D eigenvalue weighted by atomic mass is 10.1. The Labute approximate surface area is 88.2 Å². The predicted molar refractivity (Wildman–Crippen MR) is 59.3 cm³/mol. The minimum atomic E-state index is -0.480. The predicted octanol–water partition coefficient (Wildman–Crippen LogP) is 2.13. The number of hydrogen-bond donors (Lipinski definition) is 0. The van der Waals surface area contributed by atoms with Gasteiger partial charge in [-0.3, -0.25) is 0 Å². The van der Waals surface area contributed by atoms with Crippen LogP contribution in [0, 0.1) is 0 Å². The summed E-state index contributed by atoms with van der Waals surface area (Å²) in [4.78, 5) is 11.5. The third-order valence-corrected chi connectivity index (χ3v) is 1.96. The second kappa shape index (κ2) is 5.29. The highest BCUT2D eigenvalue weighted by Crippen LogP contribution is 2.02. The molecule has 1 aromatic rings. The Bertz CT molecular complexity index is 344. The van der Waals surface area contributed by atoms with E-state index in [1.807, 2.05) is 18.2 Å². The van der Waals surface area contributed by atoms with Crippen LogP contribution in [0.1, 0.15) is 5.56 Å². The summed E-state index contributed by atoms with van der Waals surface area (Å²) in [5.74, 6) is -0.480. The van der Waals surface area contributed by atoms with E-state index in [9.17, 15) is 4.79 Å². The minimum Gasteiger partial charge on any atom is -0.457 e. The van der Waals surface area contributed by atoms with Gasteiger partial charge in [-0.2, -0.15) is 0 Å². The van der Waals surface area contributed by atoms with Gasteiger partial charge in [-0.1, -0.05) is 55.2 Å². The van der Waals surface area contributed by atoms with Crippen molar-refractivity contribution in [1.82, 2.24) is 0 Å². The van der Waals surface area contributed by atoms with E-state index >= 15 is 0 Å². The smallest absolute Gasteiger partial charge is 0.350 e. The van der Waals surface area contributed by atoms with Crippen LogP contribution in [0.25, 0.3) is 0 Å². The van der Waals surface area contributed by atoms with Gasteiger partial charge in [0.05, 0.1) is 0 Å². The molecule has 0 saturated heterocycles. The molecule has 0 N–H and O–H groups in total. The first-order chi connectivity index (χ1) is 6.75. The van der Waals surface area contributed by atoms with Crippen molar-refractivity contribution in [3.8, 4) is 0 Å². The van der Waals surface area contributed by atoms with Gasteiger partial charge in [0.25, 0.3) is 0 Å². The molecule has 2 nitrogen and oxygen atoms in total.